The number of halogens is 3. The van der Waals surface area contributed by atoms with Gasteiger partial charge in [0.1, 0.15) is 5.75 Å². The fourth-order valence-corrected chi connectivity index (χ4v) is 0.999. The van der Waals surface area contributed by atoms with Crippen LogP contribution in [0.5, 0.6) is 5.75 Å². The van der Waals surface area contributed by atoms with E-state index in [0.29, 0.717) is 5.56 Å². The summed E-state index contributed by atoms with van der Waals surface area (Å²) >= 11 is 0. The molecular formula is C9H8F3NO2. The van der Waals surface area contributed by atoms with Crippen LogP contribution in [0, 0.1) is 6.92 Å². The van der Waals surface area contributed by atoms with Gasteiger partial charge in [-0.15, -0.1) is 0 Å². The first-order valence-corrected chi connectivity index (χ1v) is 3.99. The van der Waals surface area contributed by atoms with Crippen molar-refractivity contribution in [2.45, 2.75) is 13.1 Å². The van der Waals surface area contributed by atoms with Gasteiger partial charge in [-0.25, -0.2) is 0 Å². The highest BCUT2D eigenvalue weighted by atomic mass is 19.4. The van der Waals surface area contributed by atoms with Crippen LogP contribution in [-0.2, 0) is 4.79 Å². The van der Waals surface area contributed by atoms with Crippen molar-refractivity contribution in [2.75, 3.05) is 5.32 Å². The van der Waals surface area contributed by atoms with Crippen molar-refractivity contribution >= 4 is 11.6 Å². The van der Waals surface area contributed by atoms with Gasteiger partial charge >= 0.3 is 12.1 Å². The average Bonchev–Trinajstić information content (AvgIpc) is 2.09. The van der Waals surface area contributed by atoms with Crippen LogP contribution >= 0.6 is 0 Å². The summed E-state index contributed by atoms with van der Waals surface area (Å²) in [5.41, 5.74) is 0.132. The molecule has 0 saturated carbocycles. The van der Waals surface area contributed by atoms with E-state index < -0.39 is 17.8 Å². The minimum absolute atomic E-state index is 0.222. The Balaban J connectivity index is 2.95. The number of aryl methyl sites for hydroxylation is 1. The van der Waals surface area contributed by atoms with Crippen molar-refractivity contribution in [3.63, 3.8) is 0 Å². The highest BCUT2D eigenvalue weighted by Crippen LogP contribution is 2.28. The molecule has 0 aromatic heterocycles. The molecule has 0 heterocycles. The third-order valence-electron chi connectivity index (χ3n) is 1.75. The standard InChI is InChI=1S/C9H8F3NO2/c1-5-3-2-4-6(14)7(5)13-8(15)9(10,11)12/h2-4,14H,1H3,(H,13,15). The molecule has 0 spiro atoms. The van der Waals surface area contributed by atoms with Gasteiger partial charge in [0.15, 0.2) is 0 Å². The molecule has 0 radical (unpaired) electrons. The Morgan fingerprint density at radius 3 is 2.47 bits per heavy atom. The molecule has 82 valence electrons. The number of para-hydroxylation sites is 1. The van der Waals surface area contributed by atoms with Gasteiger partial charge < -0.3 is 10.4 Å². The molecule has 2 N–H and O–H groups in total. The third-order valence-corrected chi connectivity index (χ3v) is 1.75. The lowest BCUT2D eigenvalue weighted by atomic mass is 10.2. The Bertz CT molecular complexity index is 367. The normalized spacial score (nSPS) is 11.2. The summed E-state index contributed by atoms with van der Waals surface area (Å²) in [6.07, 6.45) is -4.96. The van der Waals surface area contributed by atoms with E-state index in [2.05, 4.69) is 0 Å². The van der Waals surface area contributed by atoms with E-state index in [-0.39, 0.29) is 5.69 Å². The number of aromatic hydroxyl groups is 1. The summed E-state index contributed by atoms with van der Waals surface area (Å²) in [5, 5.41) is 10.8. The molecule has 0 atom stereocenters. The highest BCUT2D eigenvalue weighted by Gasteiger charge is 2.39. The SMILES string of the molecule is Cc1cccc(O)c1NC(=O)C(F)(F)F. The summed E-state index contributed by atoms with van der Waals surface area (Å²) in [6.45, 7) is 1.48. The van der Waals surface area contributed by atoms with E-state index in [1.54, 1.807) is 5.32 Å². The molecule has 0 fully saturated rings. The predicted molar refractivity (Wildman–Crippen MR) is 47.5 cm³/mol. The smallest absolute Gasteiger partial charge is 0.471 e. The number of alkyl halides is 3. The summed E-state index contributed by atoms with van der Waals surface area (Å²) in [6, 6.07) is 4.14. The second-order valence-corrected chi connectivity index (χ2v) is 2.92. The minimum atomic E-state index is -4.96. The molecule has 1 rings (SSSR count). The van der Waals surface area contributed by atoms with Crippen LogP contribution < -0.4 is 5.32 Å². The fraction of sp³-hybridized carbons (Fsp3) is 0.222. The van der Waals surface area contributed by atoms with E-state index in [1.165, 1.54) is 25.1 Å². The number of carbonyl (C=O) groups excluding carboxylic acids is 1. The number of amides is 1. The summed E-state index contributed by atoms with van der Waals surface area (Å²) in [4.78, 5) is 10.6. The van der Waals surface area contributed by atoms with Gasteiger partial charge in [0.05, 0.1) is 5.69 Å². The second kappa shape index (κ2) is 3.80. The Hall–Kier alpha value is -1.72. The number of nitrogens with one attached hydrogen (secondary N) is 1. The molecule has 15 heavy (non-hydrogen) atoms. The molecule has 3 nitrogen and oxygen atoms in total. The van der Waals surface area contributed by atoms with Gasteiger partial charge in [0.2, 0.25) is 0 Å². The van der Waals surface area contributed by atoms with Gasteiger partial charge in [-0.1, -0.05) is 12.1 Å². The van der Waals surface area contributed by atoms with Gasteiger partial charge in [0.25, 0.3) is 0 Å². The highest BCUT2D eigenvalue weighted by molar-refractivity contribution is 5.96. The maximum atomic E-state index is 11.9. The predicted octanol–water partition coefficient (Wildman–Crippen LogP) is 2.20. The fourth-order valence-electron chi connectivity index (χ4n) is 0.999. The van der Waals surface area contributed by atoms with Crippen LogP contribution in [0.3, 0.4) is 0 Å². The topological polar surface area (TPSA) is 49.3 Å². The number of anilines is 1. The number of hydrogen-bond donors (Lipinski definition) is 2. The van der Waals surface area contributed by atoms with Gasteiger partial charge in [-0.2, -0.15) is 13.2 Å². The number of phenols is 1. The lowest BCUT2D eigenvalue weighted by Gasteiger charge is -2.11. The van der Waals surface area contributed by atoms with Crippen molar-refractivity contribution < 1.29 is 23.1 Å². The first-order valence-electron chi connectivity index (χ1n) is 3.99. The van der Waals surface area contributed by atoms with Crippen molar-refractivity contribution in [2.24, 2.45) is 0 Å². The van der Waals surface area contributed by atoms with E-state index in [9.17, 15) is 23.1 Å². The number of hydrogen-bond acceptors (Lipinski definition) is 2. The molecule has 0 aliphatic carbocycles. The minimum Gasteiger partial charge on any atom is -0.506 e. The summed E-state index contributed by atoms with van der Waals surface area (Å²) in [7, 11) is 0. The maximum Gasteiger partial charge on any atom is 0.471 e. The zero-order valence-electron chi connectivity index (χ0n) is 7.72. The molecule has 1 amide bonds. The van der Waals surface area contributed by atoms with E-state index in [4.69, 9.17) is 0 Å². The molecule has 1 aromatic carbocycles. The molecule has 0 saturated heterocycles. The number of benzene rings is 1. The molecule has 0 aliphatic heterocycles. The van der Waals surface area contributed by atoms with Crippen molar-refractivity contribution in [3.05, 3.63) is 23.8 Å². The monoisotopic (exact) mass is 219 g/mol. The largest absolute Gasteiger partial charge is 0.506 e. The number of phenolic OH excluding ortho intramolecular Hbond substituents is 1. The van der Waals surface area contributed by atoms with Crippen LogP contribution in [0.25, 0.3) is 0 Å². The zero-order valence-corrected chi connectivity index (χ0v) is 7.72. The van der Waals surface area contributed by atoms with Crippen LogP contribution in [0.15, 0.2) is 18.2 Å². The van der Waals surface area contributed by atoms with Crippen LogP contribution in [0.1, 0.15) is 5.56 Å². The lowest BCUT2D eigenvalue weighted by molar-refractivity contribution is -0.167. The van der Waals surface area contributed by atoms with Gasteiger partial charge in [-0.3, -0.25) is 4.79 Å². The molecule has 0 unspecified atom stereocenters. The number of rotatable bonds is 1. The van der Waals surface area contributed by atoms with E-state index >= 15 is 0 Å². The van der Waals surface area contributed by atoms with Crippen LogP contribution in [-0.4, -0.2) is 17.2 Å². The van der Waals surface area contributed by atoms with E-state index in [1.807, 2.05) is 0 Å². The Kier molecular flexibility index (Phi) is 2.88. The maximum absolute atomic E-state index is 11.9. The Morgan fingerprint density at radius 1 is 1.40 bits per heavy atom. The Labute approximate surface area is 83.5 Å². The van der Waals surface area contributed by atoms with Crippen molar-refractivity contribution in [3.8, 4) is 5.75 Å². The molecule has 6 heteroatoms. The van der Waals surface area contributed by atoms with Crippen LogP contribution in [0.2, 0.25) is 0 Å². The van der Waals surface area contributed by atoms with Gasteiger partial charge in [0, 0.05) is 0 Å². The molecule has 0 aliphatic rings. The summed E-state index contributed by atoms with van der Waals surface area (Å²) < 4.78 is 35.7. The first-order chi connectivity index (χ1) is 6.82. The van der Waals surface area contributed by atoms with Crippen molar-refractivity contribution in [1.82, 2.24) is 0 Å². The zero-order chi connectivity index (χ0) is 11.6. The summed E-state index contributed by atoms with van der Waals surface area (Å²) in [5.74, 6) is -2.50. The molecule has 0 bridgehead atoms. The van der Waals surface area contributed by atoms with E-state index in [0.717, 1.165) is 0 Å². The Morgan fingerprint density at radius 2 is 2.00 bits per heavy atom. The quantitative estimate of drug-likeness (QED) is 0.711. The lowest BCUT2D eigenvalue weighted by Crippen LogP contribution is -2.30. The second-order valence-electron chi connectivity index (χ2n) is 2.92. The number of carbonyl (C=O) groups is 1. The molecular weight excluding hydrogens is 211 g/mol. The average molecular weight is 219 g/mol. The first kappa shape index (κ1) is 11.4. The van der Waals surface area contributed by atoms with Crippen LogP contribution in [0.4, 0.5) is 18.9 Å². The van der Waals surface area contributed by atoms with Gasteiger partial charge in [-0.05, 0) is 18.6 Å². The third kappa shape index (κ3) is 2.61. The van der Waals surface area contributed by atoms with Crippen molar-refractivity contribution in [1.29, 1.82) is 0 Å². The molecule has 1 aromatic rings.